The maximum Gasteiger partial charge on any atom is 0.407 e. The molecule has 0 aromatic heterocycles. The molecule has 1 amide bonds. The summed E-state index contributed by atoms with van der Waals surface area (Å²) in [7, 11) is 0. The zero-order valence-electron chi connectivity index (χ0n) is 14.2. The molecule has 1 aliphatic rings. The van der Waals surface area contributed by atoms with E-state index in [9.17, 15) is 9.59 Å². The number of carbonyl (C=O) groups excluding carboxylic acids is 1. The number of aliphatic carboxylic acids is 1. The number of ether oxygens (including phenoxy) is 1. The van der Waals surface area contributed by atoms with E-state index < -0.39 is 24.0 Å². The number of hydrogen-bond acceptors (Lipinski definition) is 3. The van der Waals surface area contributed by atoms with E-state index >= 15 is 0 Å². The molecule has 0 saturated heterocycles. The van der Waals surface area contributed by atoms with Gasteiger partial charge in [0.1, 0.15) is 6.61 Å². The molecule has 0 aliphatic heterocycles. The Kier molecular flexibility index (Phi) is 4.74. The average molecular weight is 339 g/mol. The fourth-order valence-corrected chi connectivity index (χ4v) is 3.16. The van der Waals surface area contributed by atoms with Crippen molar-refractivity contribution in [3.8, 4) is 11.1 Å². The Morgan fingerprint density at radius 2 is 1.56 bits per heavy atom. The van der Waals surface area contributed by atoms with Gasteiger partial charge in [-0.05, 0) is 36.1 Å². The second-order valence-corrected chi connectivity index (χ2v) is 6.39. The summed E-state index contributed by atoms with van der Waals surface area (Å²) < 4.78 is 5.40. The molecule has 0 spiro atoms. The molecule has 130 valence electrons. The number of fused-ring (bicyclic) bond motifs is 3. The third-order valence-electron chi connectivity index (χ3n) is 4.83. The molecule has 2 aromatic carbocycles. The molecule has 1 aliphatic carbocycles. The van der Waals surface area contributed by atoms with E-state index in [1.807, 2.05) is 24.3 Å². The van der Waals surface area contributed by atoms with Crippen molar-refractivity contribution >= 4 is 12.1 Å². The van der Waals surface area contributed by atoms with Gasteiger partial charge in [-0.25, -0.2) is 4.79 Å². The summed E-state index contributed by atoms with van der Waals surface area (Å²) in [5, 5.41) is 11.6. The molecule has 25 heavy (non-hydrogen) atoms. The third-order valence-corrected chi connectivity index (χ3v) is 4.83. The van der Waals surface area contributed by atoms with Crippen LogP contribution in [0.4, 0.5) is 4.79 Å². The van der Waals surface area contributed by atoms with E-state index in [1.54, 1.807) is 13.8 Å². The lowest BCUT2D eigenvalue weighted by Crippen LogP contribution is -2.40. The summed E-state index contributed by atoms with van der Waals surface area (Å²) in [6.07, 6.45) is -0.595. The fourth-order valence-electron chi connectivity index (χ4n) is 3.16. The highest BCUT2D eigenvalue weighted by molar-refractivity contribution is 5.79. The Bertz CT molecular complexity index is 756. The molecule has 0 unspecified atom stereocenters. The zero-order chi connectivity index (χ0) is 18.0. The first kappa shape index (κ1) is 17.0. The molecule has 0 radical (unpaired) electrons. The maximum atomic E-state index is 12.0. The van der Waals surface area contributed by atoms with Gasteiger partial charge in [0.15, 0.2) is 0 Å². The van der Waals surface area contributed by atoms with Crippen LogP contribution in [-0.2, 0) is 9.53 Å². The molecule has 2 atom stereocenters. The van der Waals surface area contributed by atoms with Gasteiger partial charge in [-0.3, -0.25) is 4.79 Å². The van der Waals surface area contributed by atoms with Gasteiger partial charge in [-0.1, -0.05) is 48.5 Å². The summed E-state index contributed by atoms with van der Waals surface area (Å²) in [6, 6.07) is 15.7. The van der Waals surface area contributed by atoms with Crippen LogP contribution in [0.1, 0.15) is 30.9 Å². The molecular weight excluding hydrogens is 318 g/mol. The topological polar surface area (TPSA) is 75.6 Å². The molecule has 0 saturated carbocycles. The Labute approximate surface area is 146 Å². The molecule has 2 N–H and O–H groups in total. The lowest BCUT2D eigenvalue weighted by Gasteiger charge is -2.19. The van der Waals surface area contributed by atoms with Crippen LogP contribution in [0, 0.1) is 5.92 Å². The van der Waals surface area contributed by atoms with Crippen molar-refractivity contribution in [3.63, 3.8) is 0 Å². The Morgan fingerprint density at radius 3 is 2.08 bits per heavy atom. The van der Waals surface area contributed by atoms with Gasteiger partial charge < -0.3 is 15.2 Å². The van der Waals surface area contributed by atoms with E-state index in [-0.39, 0.29) is 12.5 Å². The molecule has 0 fully saturated rings. The number of benzene rings is 2. The monoisotopic (exact) mass is 339 g/mol. The predicted molar refractivity (Wildman–Crippen MR) is 94.5 cm³/mol. The first-order valence-electron chi connectivity index (χ1n) is 8.33. The Hall–Kier alpha value is -2.82. The quantitative estimate of drug-likeness (QED) is 0.872. The van der Waals surface area contributed by atoms with Gasteiger partial charge in [0.25, 0.3) is 0 Å². The summed E-state index contributed by atoms with van der Waals surface area (Å²) in [6.45, 7) is 3.42. The number of hydrogen-bond donors (Lipinski definition) is 2. The number of amides is 1. The number of carbonyl (C=O) groups is 2. The van der Waals surface area contributed by atoms with Gasteiger partial charge >= 0.3 is 12.1 Å². The predicted octanol–water partition coefficient (Wildman–Crippen LogP) is 3.63. The highest BCUT2D eigenvalue weighted by Gasteiger charge is 2.29. The third kappa shape index (κ3) is 3.36. The van der Waals surface area contributed by atoms with Crippen LogP contribution in [0.2, 0.25) is 0 Å². The summed E-state index contributed by atoms with van der Waals surface area (Å²) in [4.78, 5) is 23.0. The fraction of sp³-hybridized carbons (Fsp3) is 0.300. The summed E-state index contributed by atoms with van der Waals surface area (Å²) >= 11 is 0. The lowest BCUT2D eigenvalue weighted by molar-refractivity contribution is -0.141. The van der Waals surface area contributed by atoms with E-state index in [2.05, 4.69) is 29.6 Å². The van der Waals surface area contributed by atoms with Crippen LogP contribution < -0.4 is 5.32 Å². The molecule has 5 nitrogen and oxygen atoms in total. The van der Waals surface area contributed by atoms with E-state index in [1.165, 1.54) is 11.1 Å². The number of nitrogens with one attached hydrogen (secondary N) is 1. The van der Waals surface area contributed by atoms with Crippen LogP contribution in [0.15, 0.2) is 48.5 Å². The van der Waals surface area contributed by atoms with Crippen molar-refractivity contribution in [2.24, 2.45) is 5.92 Å². The van der Waals surface area contributed by atoms with Crippen LogP contribution in [-0.4, -0.2) is 29.8 Å². The van der Waals surface area contributed by atoms with Crippen molar-refractivity contribution in [1.82, 2.24) is 5.32 Å². The van der Waals surface area contributed by atoms with Crippen LogP contribution in [0.3, 0.4) is 0 Å². The van der Waals surface area contributed by atoms with E-state index in [4.69, 9.17) is 9.84 Å². The average Bonchev–Trinajstić information content (AvgIpc) is 2.93. The molecule has 2 aromatic rings. The second-order valence-electron chi connectivity index (χ2n) is 6.39. The van der Waals surface area contributed by atoms with E-state index in [0.717, 1.165) is 11.1 Å². The van der Waals surface area contributed by atoms with Crippen LogP contribution >= 0.6 is 0 Å². The Morgan fingerprint density at radius 1 is 1.04 bits per heavy atom. The van der Waals surface area contributed by atoms with Crippen LogP contribution in [0.25, 0.3) is 11.1 Å². The highest BCUT2D eigenvalue weighted by Crippen LogP contribution is 2.44. The molecular formula is C20H21NO4. The number of alkyl carbamates (subject to hydrolysis) is 1. The minimum Gasteiger partial charge on any atom is -0.481 e. The molecule has 5 heteroatoms. The second kappa shape index (κ2) is 6.97. The number of rotatable bonds is 5. The van der Waals surface area contributed by atoms with Gasteiger partial charge in [-0.15, -0.1) is 0 Å². The minimum absolute atomic E-state index is 0.00893. The summed E-state index contributed by atoms with van der Waals surface area (Å²) in [5.74, 6) is -1.64. The zero-order valence-corrected chi connectivity index (χ0v) is 14.2. The Balaban J connectivity index is 1.69. The van der Waals surface area contributed by atoms with Gasteiger partial charge in [0.2, 0.25) is 0 Å². The first-order chi connectivity index (χ1) is 12.0. The standard InChI is InChI=1S/C20H21NO4/c1-12(19(22)23)13(2)21-20(24)25-11-18-16-9-5-3-7-14(16)15-8-4-6-10-17(15)18/h3-10,12-13,18H,11H2,1-2H3,(H,21,24)(H,22,23)/t12-,13+/m0/s1. The van der Waals surface area contributed by atoms with Gasteiger partial charge in [-0.2, -0.15) is 0 Å². The minimum atomic E-state index is -0.952. The normalized spacial score (nSPS) is 15.0. The van der Waals surface area contributed by atoms with Gasteiger partial charge in [0, 0.05) is 12.0 Å². The first-order valence-corrected chi connectivity index (χ1v) is 8.33. The van der Waals surface area contributed by atoms with Crippen molar-refractivity contribution in [3.05, 3.63) is 59.7 Å². The number of carboxylic acids is 1. The molecule has 0 bridgehead atoms. The lowest BCUT2D eigenvalue weighted by atomic mass is 9.98. The van der Waals surface area contributed by atoms with Crippen molar-refractivity contribution in [2.75, 3.05) is 6.61 Å². The smallest absolute Gasteiger partial charge is 0.407 e. The molecule has 3 rings (SSSR count). The van der Waals surface area contributed by atoms with Crippen molar-refractivity contribution in [2.45, 2.75) is 25.8 Å². The SMILES string of the molecule is C[C@H](C(=O)O)[C@@H](C)NC(=O)OCC1c2ccccc2-c2ccccc21. The highest BCUT2D eigenvalue weighted by atomic mass is 16.5. The van der Waals surface area contributed by atoms with Crippen molar-refractivity contribution < 1.29 is 19.4 Å². The molecule has 0 heterocycles. The number of carboxylic acid groups (broad SMARTS) is 1. The maximum absolute atomic E-state index is 12.0. The van der Waals surface area contributed by atoms with E-state index in [0.29, 0.717) is 0 Å². The van der Waals surface area contributed by atoms with Gasteiger partial charge in [0.05, 0.1) is 5.92 Å². The largest absolute Gasteiger partial charge is 0.481 e. The van der Waals surface area contributed by atoms with Crippen molar-refractivity contribution in [1.29, 1.82) is 0 Å². The van der Waals surface area contributed by atoms with Crippen LogP contribution in [0.5, 0.6) is 0 Å². The summed E-state index contributed by atoms with van der Waals surface area (Å²) in [5.41, 5.74) is 4.62.